The lowest BCUT2D eigenvalue weighted by Gasteiger charge is -2.20. The lowest BCUT2D eigenvalue weighted by atomic mass is 10.0. The Bertz CT molecular complexity index is 826. The topological polar surface area (TPSA) is 84.7 Å². The fraction of sp³-hybridized carbons (Fsp3) is 0.364. The first-order valence-corrected chi connectivity index (χ1v) is 9.30. The van der Waals surface area contributed by atoms with E-state index < -0.39 is 0 Å². The number of nitrogens with two attached hydrogens (primary N) is 1. The summed E-state index contributed by atoms with van der Waals surface area (Å²) in [6.45, 7) is 6.88. The minimum absolute atomic E-state index is 0.0535. The van der Waals surface area contributed by atoms with E-state index in [1.165, 1.54) is 5.56 Å². The zero-order valence-corrected chi connectivity index (χ0v) is 17.0. The molecule has 0 aliphatic rings. The molecule has 6 nitrogen and oxygen atoms in total. The van der Waals surface area contributed by atoms with E-state index >= 15 is 0 Å². The van der Waals surface area contributed by atoms with Gasteiger partial charge in [0.15, 0.2) is 0 Å². The van der Waals surface area contributed by atoms with Crippen molar-refractivity contribution in [3.8, 4) is 5.75 Å². The minimum Gasteiger partial charge on any atom is -0.488 e. The second-order valence-electron chi connectivity index (χ2n) is 7.00. The summed E-state index contributed by atoms with van der Waals surface area (Å²) in [4.78, 5) is 24.9. The van der Waals surface area contributed by atoms with Crippen molar-refractivity contribution in [1.82, 2.24) is 10.2 Å². The van der Waals surface area contributed by atoms with Crippen LogP contribution >= 0.6 is 0 Å². The predicted molar refractivity (Wildman–Crippen MR) is 110 cm³/mol. The van der Waals surface area contributed by atoms with Crippen molar-refractivity contribution in [2.24, 2.45) is 5.73 Å². The molecular weight excluding hydrogens is 354 g/mol. The van der Waals surface area contributed by atoms with Crippen molar-refractivity contribution in [2.45, 2.75) is 33.9 Å². The molecule has 0 aliphatic carbocycles. The van der Waals surface area contributed by atoms with Crippen molar-refractivity contribution in [3.63, 3.8) is 0 Å². The molecule has 28 heavy (non-hydrogen) atoms. The highest BCUT2D eigenvalue weighted by Crippen LogP contribution is 2.26. The summed E-state index contributed by atoms with van der Waals surface area (Å²) in [5.74, 6) is 0.358. The maximum atomic E-state index is 12.1. The largest absolute Gasteiger partial charge is 0.488 e. The monoisotopic (exact) mass is 383 g/mol. The third-order valence-electron chi connectivity index (χ3n) is 4.62. The number of amides is 2. The summed E-state index contributed by atoms with van der Waals surface area (Å²) in [5.41, 5.74) is 10.7. The van der Waals surface area contributed by atoms with Gasteiger partial charge in [0.25, 0.3) is 0 Å². The molecule has 0 radical (unpaired) electrons. The van der Waals surface area contributed by atoms with E-state index in [2.05, 4.69) is 24.4 Å². The maximum absolute atomic E-state index is 12.1. The van der Waals surface area contributed by atoms with Crippen molar-refractivity contribution in [2.75, 3.05) is 20.1 Å². The molecule has 0 aromatic heterocycles. The van der Waals surface area contributed by atoms with Crippen LogP contribution in [0.25, 0.3) is 0 Å². The number of nitrogens with one attached hydrogen (secondary N) is 1. The molecule has 3 N–H and O–H groups in total. The average molecular weight is 383 g/mol. The number of benzene rings is 2. The Kier molecular flexibility index (Phi) is 7.58. The normalized spacial score (nSPS) is 10.5. The third-order valence-corrected chi connectivity index (χ3v) is 4.62. The first-order chi connectivity index (χ1) is 13.3. The number of aryl methyl sites for hydroxylation is 3. The van der Waals surface area contributed by atoms with E-state index in [4.69, 9.17) is 10.5 Å². The van der Waals surface area contributed by atoms with Gasteiger partial charge in [0, 0.05) is 13.6 Å². The highest BCUT2D eigenvalue weighted by atomic mass is 16.5. The van der Waals surface area contributed by atoms with Gasteiger partial charge >= 0.3 is 0 Å². The lowest BCUT2D eigenvalue weighted by molar-refractivity contribution is -0.131. The van der Waals surface area contributed by atoms with Crippen LogP contribution in [0, 0.1) is 20.8 Å². The Morgan fingerprint density at radius 1 is 1.07 bits per heavy atom. The highest BCUT2D eigenvalue weighted by molar-refractivity contribution is 5.85. The van der Waals surface area contributed by atoms with Gasteiger partial charge < -0.3 is 20.7 Å². The molecule has 0 bridgehead atoms. The van der Waals surface area contributed by atoms with Crippen LogP contribution in [-0.4, -0.2) is 36.9 Å². The minimum atomic E-state index is -0.344. The van der Waals surface area contributed by atoms with E-state index in [1.807, 2.05) is 38.1 Å². The SMILES string of the molecule is Cc1ccccc1COc1c(C)cc(CN(C)C(=O)CNC(=O)CN)cc1C. The van der Waals surface area contributed by atoms with E-state index in [0.717, 1.165) is 28.0 Å². The molecule has 0 unspecified atom stereocenters. The van der Waals surface area contributed by atoms with E-state index in [0.29, 0.717) is 13.2 Å². The van der Waals surface area contributed by atoms with Crippen molar-refractivity contribution >= 4 is 11.8 Å². The lowest BCUT2D eigenvalue weighted by Crippen LogP contribution is -2.40. The molecule has 0 aliphatic heterocycles. The number of rotatable bonds is 8. The summed E-state index contributed by atoms with van der Waals surface area (Å²) in [5, 5.41) is 2.49. The number of likely N-dealkylation sites (N-methyl/N-ethyl adjacent to an activating group) is 1. The van der Waals surface area contributed by atoms with E-state index in [-0.39, 0.29) is 24.9 Å². The number of ether oxygens (including phenoxy) is 1. The summed E-state index contributed by atoms with van der Waals surface area (Å²) in [6.07, 6.45) is 0. The first-order valence-electron chi connectivity index (χ1n) is 9.30. The summed E-state index contributed by atoms with van der Waals surface area (Å²) in [7, 11) is 1.71. The maximum Gasteiger partial charge on any atom is 0.242 e. The molecule has 6 heteroatoms. The fourth-order valence-corrected chi connectivity index (χ4v) is 3.02. The zero-order valence-electron chi connectivity index (χ0n) is 17.0. The highest BCUT2D eigenvalue weighted by Gasteiger charge is 2.13. The smallest absolute Gasteiger partial charge is 0.242 e. The van der Waals surface area contributed by atoms with Crippen molar-refractivity contribution < 1.29 is 14.3 Å². The van der Waals surface area contributed by atoms with E-state index in [9.17, 15) is 9.59 Å². The van der Waals surface area contributed by atoms with Crippen molar-refractivity contribution in [1.29, 1.82) is 0 Å². The Morgan fingerprint density at radius 2 is 1.71 bits per heavy atom. The van der Waals surface area contributed by atoms with Crippen molar-refractivity contribution in [3.05, 3.63) is 64.2 Å². The standard InChI is InChI=1S/C22H29N3O3/c1-15-7-5-6-8-19(15)14-28-22-16(2)9-18(10-17(22)3)13-25(4)21(27)12-24-20(26)11-23/h5-10H,11-14,23H2,1-4H3,(H,24,26). The van der Waals surface area contributed by atoms with Gasteiger partial charge in [-0.15, -0.1) is 0 Å². The molecule has 0 saturated carbocycles. The van der Waals surface area contributed by atoms with E-state index in [1.54, 1.807) is 11.9 Å². The van der Waals surface area contributed by atoms with Crippen LogP contribution in [-0.2, 0) is 22.7 Å². The van der Waals surface area contributed by atoms with Crippen LogP contribution < -0.4 is 15.8 Å². The molecule has 2 amide bonds. The van der Waals surface area contributed by atoms with Gasteiger partial charge in [0.2, 0.25) is 11.8 Å². The van der Waals surface area contributed by atoms with Crippen LogP contribution in [0.15, 0.2) is 36.4 Å². The number of hydrogen-bond donors (Lipinski definition) is 2. The molecule has 150 valence electrons. The molecule has 0 spiro atoms. The van der Waals surface area contributed by atoms with Crippen LogP contribution in [0.4, 0.5) is 0 Å². The second-order valence-corrected chi connectivity index (χ2v) is 7.00. The van der Waals surface area contributed by atoms with Crippen LogP contribution in [0.3, 0.4) is 0 Å². The molecule has 0 fully saturated rings. The Morgan fingerprint density at radius 3 is 2.32 bits per heavy atom. The summed E-state index contributed by atoms with van der Waals surface area (Å²) >= 11 is 0. The number of hydrogen-bond acceptors (Lipinski definition) is 4. The van der Waals surface area contributed by atoms with Gasteiger partial charge in [-0.3, -0.25) is 9.59 Å². The molecule has 0 heterocycles. The predicted octanol–water partition coefficient (Wildman–Crippen LogP) is 2.22. The number of nitrogens with zero attached hydrogens (tertiary/aromatic N) is 1. The van der Waals surface area contributed by atoms with Gasteiger partial charge in [-0.25, -0.2) is 0 Å². The summed E-state index contributed by atoms with van der Waals surface area (Å²) in [6, 6.07) is 12.2. The molecule has 2 aromatic carbocycles. The Balaban J connectivity index is 2.01. The number of carbonyl (C=O) groups is 2. The first kappa shape index (κ1) is 21.4. The van der Waals surface area contributed by atoms with Gasteiger partial charge in [-0.1, -0.05) is 36.4 Å². The van der Waals surface area contributed by atoms with Gasteiger partial charge in [-0.2, -0.15) is 0 Å². The van der Waals surface area contributed by atoms with Crippen LogP contribution in [0.1, 0.15) is 27.8 Å². The zero-order chi connectivity index (χ0) is 20.7. The quantitative estimate of drug-likeness (QED) is 0.732. The summed E-state index contributed by atoms with van der Waals surface area (Å²) < 4.78 is 6.08. The van der Waals surface area contributed by atoms with Gasteiger partial charge in [0.05, 0.1) is 13.1 Å². The molecule has 0 saturated heterocycles. The average Bonchev–Trinajstić information content (AvgIpc) is 2.66. The van der Waals surface area contributed by atoms with Gasteiger partial charge in [-0.05, 0) is 48.6 Å². The molecular formula is C22H29N3O3. The Hall–Kier alpha value is -2.86. The Labute approximate surface area is 166 Å². The third kappa shape index (κ3) is 5.82. The molecule has 2 aromatic rings. The second kappa shape index (κ2) is 9.90. The fourth-order valence-electron chi connectivity index (χ4n) is 3.02. The molecule has 2 rings (SSSR count). The van der Waals surface area contributed by atoms with Crippen LogP contribution in [0.5, 0.6) is 5.75 Å². The van der Waals surface area contributed by atoms with Gasteiger partial charge in [0.1, 0.15) is 12.4 Å². The number of carbonyl (C=O) groups excluding carboxylic acids is 2. The molecule has 0 atom stereocenters. The van der Waals surface area contributed by atoms with Crippen LogP contribution in [0.2, 0.25) is 0 Å².